The van der Waals surface area contributed by atoms with Gasteiger partial charge in [0.05, 0.1) is 18.0 Å². The molecule has 0 spiro atoms. The lowest BCUT2D eigenvalue weighted by Gasteiger charge is -2.35. The lowest BCUT2D eigenvalue weighted by molar-refractivity contribution is -0.138. The lowest BCUT2D eigenvalue weighted by atomic mass is 9.86. The number of nitrogens with one attached hydrogen (secondary N) is 1. The number of nitrogens with zero attached hydrogens (tertiary/aromatic N) is 3. The number of ether oxygens (including phenoxy) is 1. The quantitative estimate of drug-likeness (QED) is 0.793. The molecule has 9 heteroatoms. The lowest BCUT2D eigenvalue weighted by Crippen LogP contribution is -2.37. The van der Waals surface area contributed by atoms with Crippen LogP contribution in [0.3, 0.4) is 0 Å². The number of aromatic nitrogens is 2. The summed E-state index contributed by atoms with van der Waals surface area (Å²) in [4.78, 5) is 3.99. The van der Waals surface area contributed by atoms with E-state index in [0.717, 1.165) is 17.3 Å². The molecule has 2 aliphatic heterocycles. The molecular weight excluding hydrogens is 385 g/mol. The van der Waals surface area contributed by atoms with E-state index in [4.69, 9.17) is 4.74 Å². The summed E-state index contributed by atoms with van der Waals surface area (Å²) in [5.74, 6) is -0.168. The van der Waals surface area contributed by atoms with Crippen LogP contribution in [-0.2, 0) is 24.0 Å². The maximum atomic E-state index is 13.3. The predicted octanol–water partition coefficient (Wildman–Crippen LogP) is 3.22. The van der Waals surface area contributed by atoms with Gasteiger partial charge in [-0.05, 0) is 30.4 Å². The van der Waals surface area contributed by atoms with Crippen LogP contribution in [0.1, 0.15) is 53.1 Å². The number of piperidine rings is 1. The third-order valence-electron chi connectivity index (χ3n) is 5.89. The highest BCUT2D eigenvalue weighted by Gasteiger charge is 2.37. The molecule has 3 heterocycles. The van der Waals surface area contributed by atoms with Gasteiger partial charge in [0.2, 0.25) is 0 Å². The molecule has 6 nitrogen and oxygen atoms in total. The van der Waals surface area contributed by atoms with Gasteiger partial charge in [-0.3, -0.25) is 14.9 Å². The fourth-order valence-electron chi connectivity index (χ4n) is 4.45. The van der Waals surface area contributed by atoms with Crippen LogP contribution in [-0.4, -0.2) is 52.0 Å². The van der Waals surface area contributed by atoms with E-state index in [1.165, 1.54) is 6.07 Å². The number of halogens is 3. The summed E-state index contributed by atoms with van der Waals surface area (Å²) in [5, 5.41) is 18.2. The van der Waals surface area contributed by atoms with Crippen molar-refractivity contribution in [2.75, 3.05) is 26.9 Å². The Bertz CT molecular complexity index is 846. The number of hydrogen-bond donors (Lipinski definition) is 2. The molecular formula is C20H25F3N4O2. The van der Waals surface area contributed by atoms with Crippen molar-refractivity contribution in [2.24, 2.45) is 0 Å². The normalized spacial score (nSPS) is 20.2. The molecule has 1 aromatic heterocycles. The third-order valence-corrected chi connectivity index (χ3v) is 5.89. The number of alkyl halides is 3. The van der Waals surface area contributed by atoms with Gasteiger partial charge >= 0.3 is 6.18 Å². The number of H-pyrrole nitrogens is 1. The summed E-state index contributed by atoms with van der Waals surface area (Å²) in [5.41, 5.74) is 2.37. The highest BCUT2D eigenvalue weighted by atomic mass is 19.4. The number of benzene rings is 1. The SMILES string of the molecule is COCN1Cc2[nH]nc(C(O)N3CCC(c4ccccc4C(F)(F)F)CC3)c2C1. The highest BCUT2D eigenvalue weighted by molar-refractivity contribution is 5.33. The van der Waals surface area contributed by atoms with Crippen LogP contribution >= 0.6 is 0 Å². The average molecular weight is 410 g/mol. The van der Waals surface area contributed by atoms with Crippen molar-refractivity contribution in [3.8, 4) is 0 Å². The molecule has 0 aliphatic carbocycles. The molecule has 0 radical (unpaired) electrons. The molecule has 2 aliphatic rings. The van der Waals surface area contributed by atoms with Crippen molar-refractivity contribution < 1.29 is 23.0 Å². The van der Waals surface area contributed by atoms with Crippen LogP contribution in [0.5, 0.6) is 0 Å². The van der Waals surface area contributed by atoms with E-state index >= 15 is 0 Å². The largest absolute Gasteiger partial charge is 0.416 e. The fourth-order valence-corrected chi connectivity index (χ4v) is 4.45. The maximum absolute atomic E-state index is 13.3. The average Bonchev–Trinajstić information content (AvgIpc) is 3.27. The number of rotatable bonds is 5. The van der Waals surface area contributed by atoms with E-state index in [-0.39, 0.29) is 5.92 Å². The highest BCUT2D eigenvalue weighted by Crippen LogP contribution is 2.40. The Kier molecular flexibility index (Phi) is 5.65. The number of aliphatic hydroxyl groups is 1. The van der Waals surface area contributed by atoms with Crippen LogP contribution in [0.4, 0.5) is 13.2 Å². The van der Waals surface area contributed by atoms with Crippen molar-refractivity contribution in [3.05, 3.63) is 52.3 Å². The smallest absolute Gasteiger partial charge is 0.372 e. The van der Waals surface area contributed by atoms with Crippen LogP contribution in [0.25, 0.3) is 0 Å². The Morgan fingerprint density at radius 2 is 1.97 bits per heavy atom. The minimum atomic E-state index is -4.35. The van der Waals surface area contributed by atoms with Gasteiger partial charge in [0.1, 0.15) is 5.69 Å². The minimum absolute atomic E-state index is 0.168. The van der Waals surface area contributed by atoms with Crippen LogP contribution < -0.4 is 0 Å². The molecule has 1 aromatic carbocycles. The first kappa shape index (κ1) is 20.3. The van der Waals surface area contributed by atoms with Gasteiger partial charge in [0.25, 0.3) is 0 Å². The summed E-state index contributed by atoms with van der Waals surface area (Å²) in [6, 6.07) is 5.81. The van der Waals surface area contributed by atoms with Crippen molar-refractivity contribution >= 4 is 0 Å². The van der Waals surface area contributed by atoms with Gasteiger partial charge in [-0.15, -0.1) is 0 Å². The second-order valence-corrected chi connectivity index (χ2v) is 7.74. The number of likely N-dealkylation sites (tertiary alicyclic amines) is 1. The zero-order valence-electron chi connectivity index (χ0n) is 16.2. The van der Waals surface area contributed by atoms with Crippen LogP contribution in [0, 0.1) is 0 Å². The fraction of sp³-hybridized carbons (Fsp3) is 0.550. The topological polar surface area (TPSA) is 64.6 Å². The van der Waals surface area contributed by atoms with Crippen molar-refractivity contribution in [1.29, 1.82) is 0 Å². The van der Waals surface area contributed by atoms with Crippen LogP contribution in [0.2, 0.25) is 0 Å². The maximum Gasteiger partial charge on any atom is 0.416 e. The monoisotopic (exact) mass is 410 g/mol. The Hall–Kier alpha value is -1.94. The first-order chi connectivity index (χ1) is 13.9. The molecule has 29 heavy (non-hydrogen) atoms. The van der Waals surface area contributed by atoms with E-state index in [0.29, 0.717) is 57.0 Å². The molecule has 2 aromatic rings. The van der Waals surface area contributed by atoms with Gasteiger partial charge in [-0.1, -0.05) is 18.2 Å². The first-order valence-corrected chi connectivity index (χ1v) is 9.74. The Balaban J connectivity index is 1.43. The first-order valence-electron chi connectivity index (χ1n) is 9.74. The molecule has 4 rings (SSSR count). The summed E-state index contributed by atoms with van der Waals surface area (Å²) in [7, 11) is 1.64. The number of fused-ring (bicyclic) bond motifs is 1. The van der Waals surface area contributed by atoms with E-state index in [9.17, 15) is 18.3 Å². The van der Waals surface area contributed by atoms with Gasteiger partial charge < -0.3 is 9.84 Å². The van der Waals surface area contributed by atoms with E-state index in [2.05, 4.69) is 15.1 Å². The van der Waals surface area contributed by atoms with E-state index < -0.39 is 18.0 Å². The molecule has 1 unspecified atom stereocenters. The molecule has 0 amide bonds. The zero-order chi connectivity index (χ0) is 20.6. The molecule has 0 saturated carbocycles. The van der Waals surface area contributed by atoms with Gasteiger partial charge in [-0.2, -0.15) is 18.3 Å². The predicted molar refractivity (Wildman–Crippen MR) is 99.7 cm³/mol. The minimum Gasteiger partial charge on any atom is -0.372 e. The van der Waals surface area contributed by atoms with Gasteiger partial charge in [-0.25, -0.2) is 0 Å². The molecule has 158 valence electrons. The molecule has 1 fully saturated rings. The second-order valence-electron chi connectivity index (χ2n) is 7.74. The zero-order valence-corrected chi connectivity index (χ0v) is 16.2. The van der Waals surface area contributed by atoms with Crippen molar-refractivity contribution in [1.82, 2.24) is 20.0 Å². The van der Waals surface area contributed by atoms with E-state index in [1.807, 2.05) is 4.90 Å². The Labute approximate surface area is 167 Å². The van der Waals surface area contributed by atoms with Gasteiger partial charge in [0, 0.05) is 38.9 Å². The van der Waals surface area contributed by atoms with Gasteiger partial charge in [0.15, 0.2) is 6.23 Å². The van der Waals surface area contributed by atoms with Crippen LogP contribution in [0.15, 0.2) is 24.3 Å². The number of aromatic amines is 1. The molecule has 1 atom stereocenters. The van der Waals surface area contributed by atoms with E-state index in [1.54, 1.807) is 19.2 Å². The number of hydrogen-bond acceptors (Lipinski definition) is 5. The molecule has 0 bridgehead atoms. The Morgan fingerprint density at radius 1 is 1.24 bits per heavy atom. The summed E-state index contributed by atoms with van der Waals surface area (Å²) in [6.07, 6.45) is -4.09. The summed E-state index contributed by atoms with van der Waals surface area (Å²) in [6.45, 7) is 2.88. The third kappa shape index (κ3) is 4.05. The number of methoxy groups -OCH3 is 1. The number of aliphatic hydroxyl groups excluding tert-OH is 1. The molecule has 2 N–H and O–H groups in total. The second kappa shape index (κ2) is 8.06. The molecule has 1 saturated heterocycles. The summed E-state index contributed by atoms with van der Waals surface area (Å²) >= 11 is 0. The Morgan fingerprint density at radius 3 is 2.66 bits per heavy atom. The summed E-state index contributed by atoms with van der Waals surface area (Å²) < 4.78 is 45.2. The van der Waals surface area contributed by atoms with Crippen molar-refractivity contribution in [2.45, 2.75) is 44.3 Å². The van der Waals surface area contributed by atoms with Crippen molar-refractivity contribution in [3.63, 3.8) is 0 Å². The standard InChI is InChI=1S/C20H25F3N4O2/c1-29-12-26-10-15-17(11-26)24-25-18(15)19(28)27-8-6-13(7-9-27)14-4-2-3-5-16(14)20(21,22)23/h2-5,13,19,28H,6-12H2,1H3,(H,24,25).